The van der Waals surface area contributed by atoms with Gasteiger partial charge < -0.3 is 0 Å². The van der Waals surface area contributed by atoms with Gasteiger partial charge >= 0.3 is 0 Å². The quantitative estimate of drug-likeness (QED) is 0.459. The predicted molar refractivity (Wildman–Crippen MR) is 55.6 cm³/mol. The minimum absolute atomic E-state index is 0.416. The molecule has 1 aliphatic rings. The molecule has 1 fully saturated rings. The Bertz CT molecular complexity index is 174. The highest BCUT2D eigenvalue weighted by atomic mass is 35.5. The van der Waals surface area contributed by atoms with Crippen molar-refractivity contribution in [1.29, 1.82) is 0 Å². The molecule has 0 heterocycles. The van der Waals surface area contributed by atoms with Crippen molar-refractivity contribution in [2.45, 2.75) is 51.3 Å². The van der Waals surface area contributed by atoms with Gasteiger partial charge in [0.2, 0.25) is 0 Å². The number of allylic oxidation sites excluding steroid dienone is 1. The molecule has 0 radical (unpaired) electrons. The maximum Gasteiger partial charge on any atom is 0.0341 e. The number of hydrogen-bond acceptors (Lipinski definition) is 0. The summed E-state index contributed by atoms with van der Waals surface area (Å²) in [5.74, 6) is 0. The Hall–Kier alpha value is 0.0300. The molecule has 0 saturated heterocycles. The van der Waals surface area contributed by atoms with Crippen molar-refractivity contribution in [1.82, 2.24) is 0 Å². The highest BCUT2D eigenvalue weighted by Crippen LogP contribution is 2.44. The average molecular weight is 187 g/mol. The van der Waals surface area contributed by atoms with Crippen LogP contribution >= 0.6 is 11.6 Å². The van der Waals surface area contributed by atoms with Gasteiger partial charge in [-0.25, -0.2) is 0 Å². The van der Waals surface area contributed by atoms with Crippen molar-refractivity contribution < 1.29 is 0 Å². The van der Waals surface area contributed by atoms with Crippen LogP contribution in [0.1, 0.15) is 46.0 Å². The Morgan fingerprint density at radius 1 is 1.67 bits per heavy atom. The molecule has 0 bridgehead atoms. The second-order valence-corrected chi connectivity index (χ2v) is 5.05. The number of alkyl halides is 1. The van der Waals surface area contributed by atoms with Gasteiger partial charge in [-0.15, -0.1) is 11.6 Å². The first-order chi connectivity index (χ1) is 5.56. The molecule has 12 heavy (non-hydrogen) atoms. The summed E-state index contributed by atoms with van der Waals surface area (Å²) in [6.45, 7) is 8.59. The molecule has 2 atom stereocenters. The summed E-state index contributed by atoms with van der Waals surface area (Å²) in [6, 6.07) is 0. The van der Waals surface area contributed by atoms with Crippen LogP contribution in [-0.4, -0.2) is 5.38 Å². The van der Waals surface area contributed by atoms with Gasteiger partial charge in [0, 0.05) is 5.38 Å². The smallest absolute Gasteiger partial charge is 0.0341 e. The van der Waals surface area contributed by atoms with Gasteiger partial charge in [-0.05, 0) is 37.5 Å². The van der Waals surface area contributed by atoms with Crippen LogP contribution in [0.2, 0.25) is 0 Å². The molecule has 0 N–H and O–H groups in total. The fourth-order valence-corrected chi connectivity index (χ4v) is 2.61. The molecular formula is C11H19Cl. The lowest BCUT2D eigenvalue weighted by atomic mass is 9.82. The van der Waals surface area contributed by atoms with E-state index in [1.165, 1.54) is 31.3 Å². The van der Waals surface area contributed by atoms with E-state index >= 15 is 0 Å². The molecule has 1 rings (SSSR count). The zero-order valence-corrected chi connectivity index (χ0v) is 8.95. The zero-order chi connectivity index (χ0) is 9.19. The Balaban J connectivity index is 2.45. The first-order valence-electron chi connectivity index (χ1n) is 4.86. The van der Waals surface area contributed by atoms with Gasteiger partial charge in [0.1, 0.15) is 0 Å². The summed E-state index contributed by atoms with van der Waals surface area (Å²) in [5, 5.41) is 0.416. The normalized spacial score (nSPS) is 35.4. The third-order valence-corrected chi connectivity index (χ3v) is 3.32. The Morgan fingerprint density at radius 2 is 2.33 bits per heavy atom. The van der Waals surface area contributed by atoms with Crippen LogP contribution in [0.25, 0.3) is 0 Å². The lowest BCUT2D eigenvalue weighted by Gasteiger charge is -2.24. The van der Waals surface area contributed by atoms with Crippen molar-refractivity contribution in [3.8, 4) is 0 Å². The van der Waals surface area contributed by atoms with E-state index in [1.807, 2.05) is 0 Å². The molecule has 1 aliphatic carbocycles. The van der Waals surface area contributed by atoms with Crippen molar-refractivity contribution in [3.63, 3.8) is 0 Å². The van der Waals surface area contributed by atoms with Crippen molar-refractivity contribution in [2.75, 3.05) is 0 Å². The average Bonchev–Trinajstić information content (AvgIpc) is 2.30. The first kappa shape index (κ1) is 10.1. The minimum atomic E-state index is 0.416. The summed E-state index contributed by atoms with van der Waals surface area (Å²) in [5.41, 5.74) is 1.84. The summed E-state index contributed by atoms with van der Waals surface area (Å²) >= 11 is 6.09. The fourth-order valence-electron chi connectivity index (χ4n) is 2.13. The highest BCUT2D eigenvalue weighted by molar-refractivity contribution is 6.20. The topological polar surface area (TPSA) is 0 Å². The van der Waals surface area contributed by atoms with E-state index in [1.54, 1.807) is 0 Å². The molecule has 2 unspecified atom stereocenters. The number of hydrogen-bond donors (Lipinski definition) is 0. The van der Waals surface area contributed by atoms with Gasteiger partial charge in [-0.1, -0.05) is 26.0 Å². The van der Waals surface area contributed by atoms with Crippen LogP contribution in [0, 0.1) is 5.41 Å². The molecule has 70 valence electrons. The summed E-state index contributed by atoms with van der Waals surface area (Å²) in [7, 11) is 0. The number of halogens is 1. The largest absolute Gasteiger partial charge is 0.123 e. The third-order valence-electron chi connectivity index (χ3n) is 2.95. The van der Waals surface area contributed by atoms with Crippen LogP contribution in [-0.2, 0) is 0 Å². The van der Waals surface area contributed by atoms with Crippen LogP contribution in [0.3, 0.4) is 0 Å². The highest BCUT2D eigenvalue weighted by Gasteiger charge is 2.33. The van der Waals surface area contributed by atoms with Crippen molar-refractivity contribution in [3.05, 3.63) is 12.2 Å². The van der Waals surface area contributed by atoms with E-state index in [0.717, 1.165) is 6.42 Å². The monoisotopic (exact) mass is 186 g/mol. The molecule has 0 aromatic heterocycles. The van der Waals surface area contributed by atoms with E-state index in [0.29, 0.717) is 10.8 Å². The van der Waals surface area contributed by atoms with E-state index in [-0.39, 0.29) is 0 Å². The van der Waals surface area contributed by atoms with E-state index in [4.69, 9.17) is 11.6 Å². The summed E-state index contributed by atoms with van der Waals surface area (Å²) < 4.78 is 0. The molecular weight excluding hydrogens is 168 g/mol. The lowest BCUT2D eigenvalue weighted by molar-refractivity contribution is 0.332. The molecule has 1 saturated carbocycles. The molecule has 0 aromatic carbocycles. The lowest BCUT2D eigenvalue weighted by Crippen LogP contribution is -2.12. The molecule has 0 aliphatic heterocycles. The van der Waals surface area contributed by atoms with Gasteiger partial charge in [0.05, 0.1) is 0 Å². The molecule has 1 heteroatoms. The predicted octanol–water partition coefficient (Wildman–Crippen LogP) is 4.14. The summed E-state index contributed by atoms with van der Waals surface area (Å²) in [4.78, 5) is 0. The van der Waals surface area contributed by atoms with Crippen LogP contribution in [0.4, 0.5) is 0 Å². The second-order valence-electron chi connectivity index (χ2n) is 4.43. The van der Waals surface area contributed by atoms with E-state index in [2.05, 4.69) is 20.4 Å². The van der Waals surface area contributed by atoms with Gasteiger partial charge in [-0.2, -0.15) is 0 Å². The number of rotatable bonds is 3. The van der Waals surface area contributed by atoms with E-state index < -0.39 is 0 Å². The van der Waals surface area contributed by atoms with Crippen LogP contribution in [0.5, 0.6) is 0 Å². The van der Waals surface area contributed by atoms with Gasteiger partial charge in [0.25, 0.3) is 0 Å². The third kappa shape index (κ3) is 2.52. The molecule has 0 nitrogen and oxygen atoms in total. The fraction of sp³-hybridized carbons (Fsp3) is 0.818. The summed E-state index contributed by atoms with van der Waals surface area (Å²) in [6.07, 6.45) is 5.93. The first-order valence-corrected chi connectivity index (χ1v) is 5.30. The Morgan fingerprint density at radius 3 is 2.75 bits per heavy atom. The molecule has 0 amide bonds. The Kier molecular flexibility index (Phi) is 3.22. The Labute approximate surface area is 81.0 Å². The van der Waals surface area contributed by atoms with Crippen LogP contribution < -0.4 is 0 Å². The van der Waals surface area contributed by atoms with E-state index in [9.17, 15) is 0 Å². The SMILES string of the molecule is C=C(CC)CC1(C)CCC(Cl)C1. The maximum atomic E-state index is 6.09. The van der Waals surface area contributed by atoms with Crippen molar-refractivity contribution in [2.24, 2.45) is 5.41 Å². The minimum Gasteiger partial charge on any atom is -0.123 e. The zero-order valence-electron chi connectivity index (χ0n) is 8.20. The second kappa shape index (κ2) is 3.83. The maximum absolute atomic E-state index is 6.09. The van der Waals surface area contributed by atoms with Crippen LogP contribution in [0.15, 0.2) is 12.2 Å². The standard InChI is InChI=1S/C11H19Cl/c1-4-9(2)7-11(3)6-5-10(12)8-11/h10H,2,4-8H2,1,3H3. The van der Waals surface area contributed by atoms with Gasteiger partial charge in [0.15, 0.2) is 0 Å². The van der Waals surface area contributed by atoms with Gasteiger partial charge in [-0.3, -0.25) is 0 Å². The van der Waals surface area contributed by atoms with Crippen molar-refractivity contribution >= 4 is 11.6 Å². The molecule has 0 aromatic rings. The molecule has 0 spiro atoms.